The number of hydrogen-bond acceptors (Lipinski definition) is 2. The molecule has 0 atom stereocenters. The van der Waals surface area contributed by atoms with Crippen LogP contribution in [0.1, 0.15) is 12.0 Å². The van der Waals surface area contributed by atoms with Crippen LogP contribution < -0.4 is 10.5 Å². The fourth-order valence-electron chi connectivity index (χ4n) is 1.17. The number of benzene rings is 1. The number of aryl methyl sites for hydroxylation is 1. The predicted octanol–water partition coefficient (Wildman–Crippen LogP) is 2.77. The Bertz CT molecular complexity index is 281. The second-order valence-corrected chi connectivity index (χ2v) is 3.72. The molecule has 1 aromatic carbocycles. The van der Waals surface area contributed by atoms with E-state index in [-0.39, 0.29) is 12.4 Å². The number of halogens is 2. The van der Waals surface area contributed by atoms with Gasteiger partial charge in [-0.3, -0.25) is 0 Å². The number of rotatable bonds is 4. The Balaban J connectivity index is 0.00000169. The fourth-order valence-corrected chi connectivity index (χ4v) is 1.76. The highest BCUT2D eigenvalue weighted by Crippen LogP contribution is 2.25. The van der Waals surface area contributed by atoms with E-state index in [0.717, 1.165) is 29.6 Å². The van der Waals surface area contributed by atoms with Gasteiger partial charge in [0, 0.05) is 0 Å². The fraction of sp³-hybridized carbons (Fsp3) is 0.400. The zero-order valence-corrected chi connectivity index (χ0v) is 10.5. The minimum absolute atomic E-state index is 0. The standard InChI is InChI=1S/C10H14BrNO.ClH/c1-13-10-5-4-8(3-2-6-12)7-9(10)11;/h4-5,7H,2-3,6,12H2,1H3;1H. The van der Waals surface area contributed by atoms with Crippen molar-refractivity contribution in [1.82, 2.24) is 0 Å². The molecule has 0 radical (unpaired) electrons. The molecule has 2 N–H and O–H groups in total. The third-order valence-electron chi connectivity index (χ3n) is 1.89. The molecule has 1 aromatic rings. The minimum atomic E-state index is 0. The predicted molar refractivity (Wildman–Crippen MR) is 65.3 cm³/mol. The lowest BCUT2D eigenvalue weighted by Gasteiger charge is -2.05. The van der Waals surface area contributed by atoms with Crippen LogP contribution in [0.5, 0.6) is 5.75 Å². The first kappa shape index (κ1) is 13.8. The average molecular weight is 281 g/mol. The maximum atomic E-state index is 5.43. The lowest BCUT2D eigenvalue weighted by Crippen LogP contribution is -2.00. The van der Waals surface area contributed by atoms with Crippen LogP contribution >= 0.6 is 28.3 Å². The van der Waals surface area contributed by atoms with Crippen molar-refractivity contribution in [3.05, 3.63) is 28.2 Å². The van der Waals surface area contributed by atoms with Gasteiger partial charge in [0.2, 0.25) is 0 Å². The van der Waals surface area contributed by atoms with Gasteiger partial charge < -0.3 is 10.5 Å². The van der Waals surface area contributed by atoms with Crippen LogP contribution in [0.2, 0.25) is 0 Å². The molecule has 4 heteroatoms. The maximum absolute atomic E-state index is 5.43. The van der Waals surface area contributed by atoms with Gasteiger partial charge in [0.05, 0.1) is 11.6 Å². The number of methoxy groups -OCH3 is 1. The zero-order valence-electron chi connectivity index (χ0n) is 8.13. The van der Waals surface area contributed by atoms with E-state index < -0.39 is 0 Å². The Labute approximate surface area is 99.4 Å². The summed E-state index contributed by atoms with van der Waals surface area (Å²) in [6, 6.07) is 6.11. The van der Waals surface area contributed by atoms with Crippen molar-refractivity contribution < 1.29 is 4.74 Å². The molecule has 0 aliphatic rings. The lowest BCUT2D eigenvalue weighted by atomic mass is 10.1. The van der Waals surface area contributed by atoms with Gasteiger partial charge >= 0.3 is 0 Å². The first-order valence-corrected chi connectivity index (χ1v) is 5.09. The Morgan fingerprint density at radius 3 is 2.64 bits per heavy atom. The van der Waals surface area contributed by atoms with Crippen LogP contribution in [-0.2, 0) is 6.42 Å². The SMILES string of the molecule is COc1ccc(CCCN)cc1Br.Cl. The molecule has 0 saturated carbocycles. The first-order chi connectivity index (χ1) is 6.27. The van der Waals surface area contributed by atoms with E-state index in [4.69, 9.17) is 10.5 Å². The van der Waals surface area contributed by atoms with E-state index in [0.29, 0.717) is 0 Å². The molecule has 0 saturated heterocycles. The highest BCUT2D eigenvalue weighted by Gasteiger charge is 2.00. The Morgan fingerprint density at radius 1 is 1.43 bits per heavy atom. The van der Waals surface area contributed by atoms with Gasteiger partial charge in [-0.1, -0.05) is 6.07 Å². The quantitative estimate of drug-likeness (QED) is 0.920. The summed E-state index contributed by atoms with van der Waals surface area (Å²) >= 11 is 3.44. The largest absolute Gasteiger partial charge is 0.496 e. The molecule has 1 rings (SSSR count). The van der Waals surface area contributed by atoms with E-state index in [1.807, 2.05) is 6.07 Å². The molecule has 0 fully saturated rings. The lowest BCUT2D eigenvalue weighted by molar-refractivity contribution is 0.412. The van der Waals surface area contributed by atoms with Crippen LogP contribution in [0.15, 0.2) is 22.7 Å². The first-order valence-electron chi connectivity index (χ1n) is 4.30. The third kappa shape index (κ3) is 3.86. The Kier molecular flexibility index (Phi) is 6.97. The van der Waals surface area contributed by atoms with Gasteiger partial charge in [0.25, 0.3) is 0 Å². The Hall–Kier alpha value is -0.250. The van der Waals surface area contributed by atoms with E-state index in [1.165, 1.54) is 5.56 Å². The molecule has 14 heavy (non-hydrogen) atoms. The normalized spacial score (nSPS) is 9.36. The smallest absolute Gasteiger partial charge is 0.133 e. The second kappa shape index (κ2) is 7.10. The van der Waals surface area contributed by atoms with Crippen LogP contribution in [0, 0.1) is 0 Å². The second-order valence-electron chi connectivity index (χ2n) is 2.86. The van der Waals surface area contributed by atoms with Gasteiger partial charge in [0.1, 0.15) is 5.75 Å². The van der Waals surface area contributed by atoms with Crippen molar-refractivity contribution >= 4 is 28.3 Å². The molecule has 2 nitrogen and oxygen atoms in total. The monoisotopic (exact) mass is 279 g/mol. The Morgan fingerprint density at radius 2 is 2.14 bits per heavy atom. The van der Waals surface area contributed by atoms with Crippen molar-refractivity contribution in [1.29, 1.82) is 0 Å². The van der Waals surface area contributed by atoms with Gasteiger partial charge in [-0.2, -0.15) is 0 Å². The summed E-state index contributed by atoms with van der Waals surface area (Å²) in [6.07, 6.45) is 2.05. The van der Waals surface area contributed by atoms with Gasteiger partial charge in [-0.05, 0) is 53.0 Å². The van der Waals surface area contributed by atoms with Crippen molar-refractivity contribution in [2.24, 2.45) is 5.73 Å². The molecule has 0 amide bonds. The molecule has 0 aromatic heterocycles. The van der Waals surface area contributed by atoms with Gasteiger partial charge in [-0.15, -0.1) is 12.4 Å². The summed E-state index contributed by atoms with van der Waals surface area (Å²) < 4.78 is 6.14. The van der Waals surface area contributed by atoms with E-state index in [9.17, 15) is 0 Å². The molecule has 0 spiro atoms. The average Bonchev–Trinajstić information content (AvgIpc) is 2.15. The highest BCUT2D eigenvalue weighted by molar-refractivity contribution is 9.10. The molecule has 0 aliphatic carbocycles. The number of hydrogen-bond donors (Lipinski definition) is 1. The van der Waals surface area contributed by atoms with Crippen LogP contribution in [0.4, 0.5) is 0 Å². The summed E-state index contributed by atoms with van der Waals surface area (Å²) in [5, 5.41) is 0. The zero-order chi connectivity index (χ0) is 9.68. The summed E-state index contributed by atoms with van der Waals surface area (Å²) in [7, 11) is 1.67. The molecule has 0 heterocycles. The van der Waals surface area contributed by atoms with Crippen LogP contribution in [0.3, 0.4) is 0 Å². The summed E-state index contributed by atoms with van der Waals surface area (Å²) in [4.78, 5) is 0. The highest BCUT2D eigenvalue weighted by atomic mass is 79.9. The van der Waals surface area contributed by atoms with E-state index in [2.05, 4.69) is 28.1 Å². The third-order valence-corrected chi connectivity index (χ3v) is 2.51. The van der Waals surface area contributed by atoms with Crippen LogP contribution in [-0.4, -0.2) is 13.7 Å². The topological polar surface area (TPSA) is 35.2 Å². The van der Waals surface area contributed by atoms with Gasteiger partial charge in [-0.25, -0.2) is 0 Å². The summed E-state index contributed by atoms with van der Waals surface area (Å²) in [6.45, 7) is 0.740. The van der Waals surface area contributed by atoms with Crippen molar-refractivity contribution in [3.63, 3.8) is 0 Å². The van der Waals surface area contributed by atoms with E-state index >= 15 is 0 Å². The molecule has 0 unspecified atom stereocenters. The van der Waals surface area contributed by atoms with E-state index in [1.54, 1.807) is 7.11 Å². The van der Waals surface area contributed by atoms with Crippen LogP contribution in [0.25, 0.3) is 0 Å². The molecule has 80 valence electrons. The molecular formula is C10H15BrClNO. The number of nitrogens with two attached hydrogens (primary N) is 1. The van der Waals surface area contributed by atoms with Crippen molar-refractivity contribution in [2.45, 2.75) is 12.8 Å². The summed E-state index contributed by atoms with van der Waals surface area (Å²) in [5.41, 5.74) is 6.72. The molecule has 0 bridgehead atoms. The van der Waals surface area contributed by atoms with Crippen molar-refractivity contribution in [2.75, 3.05) is 13.7 Å². The maximum Gasteiger partial charge on any atom is 0.133 e. The minimum Gasteiger partial charge on any atom is -0.496 e. The summed E-state index contributed by atoms with van der Waals surface area (Å²) in [5.74, 6) is 0.872. The molecule has 0 aliphatic heterocycles. The van der Waals surface area contributed by atoms with Gasteiger partial charge in [0.15, 0.2) is 0 Å². The number of ether oxygens (including phenoxy) is 1. The van der Waals surface area contributed by atoms with Crippen molar-refractivity contribution in [3.8, 4) is 5.75 Å². The molecular weight excluding hydrogens is 265 g/mol.